The lowest BCUT2D eigenvalue weighted by molar-refractivity contribution is 0.0921. The Morgan fingerprint density at radius 3 is 2.52 bits per heavy atom. The molecule has 1 aromatic heterocycles. The quantitative estimate of drug-likeness (QED) is 0.628. The van der Waals surface area contributed by atoms with Gasteiger partial charge >= 0.3 is 0 Å². The van der Waals surface area contributed by atoms with E-state index >= 15 is 0 Å². The van der Waals surface area contributed by atoms with Crippen molar-refractivity contribution in [2.75, 3.05) is 0 Å². The third-order valence-corrected chi connectivity index (χ3v) is 5.66. The van der Waals surface area contributed by atoms with Crippen molar-refractivity contribution in [1.29, 1.82) is 0 Å². The van der Waals surface area contributed by atoms with E-state index < -0.39 is 10.8 Å². The molecule has 1 unspecified atom stereocenters. The normalized spacial score (nSPS) is 11.9. The summed E-state index contributed by atoms with van der Waals surface area (Å²) in [5.74, 6) is 1.12. The number of rotatable bonds is 7. The maximum absolute atomic E-state index is 12.3. The highest BCUT2D eigenvalue weighted by atomic mass is 35.5. The molecule has 0 bridgehead atoms. The van der Waals surface area contributed by atoms with E-state index in [-0.39, 0.29) is 17.4 Å². The van der Waals surface area contributed by atoms with Gasteiger partial charge in [0.05, 0.1) is 5.75 Å². The Morgan fingerprint density at radius 1 is 1.04 bits per heavy atom. The molecule has 0 saturated carbocycles. The summed E-state index contributed by atoms with van der Waals surface area (Å²) in [6, 6.07) is 18.6. The van der Waals surface area contributed by atoms with E-state index in [1.54, 1.807) is 18.2 Å². The molecule has 6 heteroatoms. The van der Waals surface area contributed by atoms with Crippen molar-refractivity contribution in [3.8, 4) is 0 Å². The van der Waals surface area contributed by atoms with Crippen LogP contribution in [-0.2, 0) is 28.9 Å². The molecular weight excluding hydrogens is 382 g/mol. The summed E-state index contributed by atoms with van der Waals surface area (Å²) in [5, 5.41) is 3.38. The van der Waals surface area contributed by atoms with Gasteiger partial charge in [0, 0.05) is 28.1 Å². The lowest BCUT2D eigenvalue weighted by Crippen LogP contribution is -2.22. The topological polar surface area (TPSA) is 59.3 Å². The number of nitrogens with one attached hydrogen (secondary N) is 1. The fourth-order valence-electron chi connectivity index (χ4n) is 2.56. The van der Waals surface area contributed by atoms with Crippen LogP contribution in [0.5, 0.6) is 0 Å². The van der Waals surface area contributed by atoms with Crippen LogP contribution >= 0.6 is 11.6 Å². The zero-order valence-corrected chi connectivity index (χ0v) is 16.5. The predicted molar refractivity (Wildman–Crippen MR) is 108 cm³/mol. The van der Waals surface area contributed by atoms with Crippen LogP contribution in [0.3, 0.4) is 0 Å². The number of hydrogen-bond acceptors (Lipinski definition) is 3. The molecule has 3 aromatic rings. The molecule has 0 aliphatic carbocycles. The van der Waals surface area contributed by atoms with Gasteiger partial charge in [0.15, 0.2) is 5.76 Å². The molecule has 0 saturated heterocycles. The van der Waals surface area contributed by atoms with Crippen LogP contribution in [0.25, 0.3) is 0 Å². The fraction of sp³-hybridized carbons (Fsp3) is 0.190. The van der Waals surface area contributed by atoms with Gasteiger partial charge < -0.3 is 9.73 Å². The van der Waals surface area contributed by atoms with Gasteiger partial charge in [-0.1, -0.05) is 59.6 Å². The first-order valence-electron chi connectivity index (χ1n) is 8.52. The Labute approximate surface area is 166 Å². The number of benzene rings is 2. The van der Waals surface area contributed by atoms with Crippen LogP contribution in [0.1, 0.15) is 33.0 Å². The molecule has 1 N–H and O–H groups in total. The Kier molecular flexibility index (Phi) is 6.48. The number of carbonyl (C=O) groups excluding carboxylic acids is 1. The number of hydrogen-bond donors (Lipinski definition) is 1. The third-order valence-electron chi connectivity index (χ3n) is 4.03. The van der Waals surface area contributed by atoms with Crippen LogP contribution in [-0.4, -0.2) is 10.1 Å². The second-order valence-corrected chi connectivity index (χ2v) is 8.12. The third kappa shape index (κ3) is 5.55. The van der Waals surface area contributed by atoms with Gasteiger partial charge in [0.1, 0.15) is 5.76 Å². The first-order chi connectivity index (χ1) is 13.0. The van der Waals surface area contributed by atoms with Gasteiger partial charge in [-0.2, -0.15) is 0 Å². The summed E-state index contributed by atoms with van der Waals surface area (Å²) >= 11 is 6.08. The predicted octanol–water partition coefficient (Wildman–Crippen LogP) is 4.62. The summed E-state index contributed by atoms with van der Waals surface area (Å²) in [5.41, 5.74) is 3.02. The summed E-state index contributed by atoms with van der Waals surface area (Å²) in [6.45, 7) is 2.33. The zero-order chi connectivity index (χ0) is 19.2. The molecule has 3 rings (SSSR count). The molecule has 1 amide bonds. The Bertz CT molecular complexity index is 950. The van der Waals surface area contributed by atoms with E-state index in [2.05, 4.69) is 5.32 Å². The van der Waals surface area contributed by atoms with E-state index in [4.69, 9.17) is 16.0 Å². The van der Waals surface area contributed by atoms with Gasteiger partial charge in [-0.15, -0.1) is 0 Å². The maximum atomic E-state index is 12.3. The van der Waals surface area contributed by atoms with Crippen molar-refractivity contribution in [2.45, 2.75) is 25.0 Å². The molecule has 140 valence electrons. The van der Waals surface area contributed by atoms with Crippen LogP contribution in [0, 0.1) is 6.92 Å². The maximum Gasteiger partial charge on any atom is 0.287 e. The van der Waals surface area contributed by atoms with E-state index in [1.165, 1.54) is 5.56 Å². The van der Waals surface area contributed by atoms with E-state index in [0.717, 1.165) is 11.1 Å². The first kappa shape index (κ1) is 19.4. The van der Waals surface area contributed by atoms with Crippen molar-refractivity contribution in [3.63, 3.8) is 0 Å². The summed E-state index contributed by atoms with van der Waals surface area (Å²) < 4.78 is 17.9. The number of aryl methyl sites for hydroxylation is 1. The van der Waals surface area contributed by atoms with Crippen LogP contribution in [0.2, 0.25) is 5.02 Å². The lowest BCUT2D eigenvalue weighted by atomic mass is 10.2. The van der Waals surface area contributed by atoms with Gasteiger partial charge in [0.2, 0.25) is 0 Å². The number of furan rings is 1. The van der Waals surface area contributed by atoms with Gasteiger partial charge in [-0.05, 0) is 36.2 Å². The minimum absolute atomic E-state index is 0.199. The highest BCUT2D eigenvalue weighted by molar-refractivity contribution is 7.83. The van der Waals surface area contributed by atoms with Gasteiger partial charge in [-0.3, -0.25) is 9.00 Å². The average molecular weight is 402 g/mol. The van der Waals surface area contributed by atoms with Crippen molar-refractivity contribution in [1.82, 2.24) is 5.32 Å². The molecule has 0 radical (unpaired) electrons. The molecular formula is C21H20ClNO3S. The van der Waals surface area contributed by atoms with Gasteiger partial charge in [0.25, 0.3) is 5.91 Å². The highest BCUT2D eigenvalue weighted by Crippen LogP contribution is 2.16. The Hall–Kier alpha value is -2.37. The van der Waals surface area contributed by atoms with Gasteiger partial charge in [-0.25, -0.2) is 0 Å². The van der Waals surface area contributed by atoms with Crippen molar-refractivity contribution < 1.29 is 13.4 Å². The fourth-order valence-corrected chi connectivity index (χ4v) is 3.90. The van der Waals surface area contributed by atoms with Crippen LogP contribution < -0.4 is 5.32 Å². The second kappa shape index (κ2) is 9.02. The van der Waals surface area contributed by atoms with E-state index in [0.29, 0.717) is 23.1 Å². The Balaban J connectivity index is 1.54. The molecule has 0 aliphatic heterocycles. The summed E-state index contributed by atoms with van der Waals surface area (Å²) in [7, 11) is -1.11. The Morgan fingerprint density at radius 2 is 1.78 bits per heavy atom. The smallest absolute Gasteiger partial charge is 0.287 e. The molecule has 27 heavy (non-hydrogen) atoms. The molecule has 0 spiro atoms. The zero-order valence-electron chi connectivity index (χ0n) is 14.9. The molecule has 4 nitrogen and oxygen atoms in total. The number of carbonyl (C=O) groups is 1. The van der Waals surface area contributed by atoms with Crippen molar-refractivity contribution in [2.24, 2.45) is 0 Å². The lowest BCUT2D eigenvalue weighted by Gasteiger charge is -2.05. The molecule has 0 aliphatic rings. The summed E-state index contributed by atoms with van der Waals surface area (Å²) in [4.78, 5) is 12.2. The second-order valence-electron chi connectivity index (χ2n) is 6.25. The summed E-state index contributed by atoms with van der Waals surface area (Å²) in [6.07, 6.45) is 0. The number of halogens is 1. The molecule has 2 aromatic carbocycles. The largest absolute Gasteiger partial charge is 0.455 e. The standard InChI is InChI=1S/C21H20ClNO3S/c1-15-6-8-16(9-7-15)13-27(25)14-18-10-11-20(26-18)21(24)23-12-17-4-2-3-5-19(17)22/h2-11H,12-14H2,1H3,(H,23,24). The number of amides is 1. The van der Waals surface area contributed by atoms with E-state index in [1.807, 2.05) is 49.4 Å². The minimum atomic E-state index is -1.11. The molecule has 1 atom stereocenters. The molecule has 1 heterocycles. The monoisotopic (exact) mass is 401 g/mol. The van der Waals surface area contributed by atoms with Crippen LogP contribution in [0.4, 0.5) is 0 Å². The average Bonchev–Trinajstić information content (AvgIpc) is 3.11. The van der Waals surface area contributed by atoms with E-state index in [9.17, 15) is 9.00 Å². The SMILES string of the molecule is Cc1ccc(CS(=O)Cc2ccc(C(=O)NCc3ccccc3Cl)o2)cc1. The molecule has 0 fully saturated rings. The van der Waals surface area contributed by atoms with Crippen LogP contribution in [0.15, 0.2) is 65.1 Å². The van der Waals surface area contributed by atoms with Crippen molar-refractivity contribution >= 4 is 28.3 Å². The minimum Gasteiger partial charge on any atom is -0.455 e. The highest BCUT2D eigenvalue weighted by Gasteiger charge is 2.13. The van der Waals surface area contributed by atoms with Crippen molar-refractivity contribution in [3.05, 3.63) is 93.9 Å². The first-order valence-corrected chi connectivity index (χ1v) is 10.4.